The van der Waals surface area contributed by atoms with E-state index >= 15 is 0 Å². The van der Waals surface area contributed by atoms with Gasteiger partial charge in [-0.15, -0.1) is 0 Å². The van der Waals surface area contributed by atoms with Gasteiger partial charge in [0.25, 0.3) is 0 Å². The maximum atomic E-state index is 6.21. The van der Waals surface area contributed by atoms with Crippen LogP contribution < -0.4 is 0 Å². The molecule has 0 saturated heterocycles. The lowest BCUT2D eigenvalue weighted by molar-refractivity contribution is 0.0655. The third-order valence-corrected chi connectivity index (χ3v) is 9.65. The van der Waals surface area contributed by atoms with Crippen molar-refractivity contribution in [1.29, 1.82) is 0 Å². The number of hydrogen-bond donors (Lipinski definition) is 0. The first kappa shape index (κ1) is 34.0. The van der Waals surface area contributed by atoms with E-state index in [1.54, 1.807) is 0 Å². The molecule has 1 unspecified atom stereocenters. The van der Waals surface area contributed by atoms with Crippen LogP contribution in [0.25, 0.3) is 0 Å². The Hall–Kier alpha value is -0.0131. The molecular formula is C28H58O4SSi. The molecule has 1 atom stereocenters. The summed E-state index contributed by atoms with van der Waals surface area (Å²) in [5.41, 5.74) is 0. The van der Waals surface area contributed by atoms with Gasteiger partial charge in [-0.2, -0.15) is 0 Å². The van der Waals surface area contributed by atoms with Gasteiger partial charge in [-0.3, -0.25) is 0 Å². The Kier molecular flexibility index (Phi) is 24.7. The second-order valence-corrected chi connectivity index (χ2v) is 12.6. The quantitative estimate of drug-likeness (QED) is 0.0647. The molecule has 0 aliphatic carbocycles. The van der Waals surface area contributed by atoms with Gasteiger partial charge in [0.2, 0.25) is 0 Å². The van der Waals surface area contributed by atoms with Crippen molar-refractivity contribution >= 4 is 26.1 Å². The lowest BCUT2D eigenvalue weighted by atomic mass is 10.0. The van der Waals surface area contributed by atoms with Crippen LogP contribution in [0.15, 0.2) is 0 Å². The van der Waals surface area contributed by atoms with Crippen LogP contribution in [0.4, 0.5) is 0 Å². The van der Waals surface area contributed by atoms with Crippen LogP contribution in [-0.4, -0.2) is 39.8 Å². The van der Waals surface area contributed by atoms with E-state index in [1.165, 1.54) is 77.0 Å². The maximum Gasteiger partial charge on any atom is 0.501 e. The van der Waals surface area contributed by atoms with Gasteiger partial charge in [0.05, 0.1) is 6.10 Å². The molecule has 0 N–H and O–H groups in total. The van der Waals surface area contributed by atoms with Crippen molar-refractivity contribution in [2.75, 3.05) is 19.8 Å². The van der Waals surface area contributed by atoms with Crippen molar-refractivity contribution in [2.24, 2.45) is 0 Å². The number of rotatable bonds is 26. The number of unbranched alkanes of at least 4 members (excludes halogenated alkanes) is 12. The van der Waals surface area contributed by atoms with E-state index < -0.39 is 8.80 Å². The van der Waals surface area contributed by atoms with Crippen molar-refractivity contribution in [3.05, 3.63) is 0 Å². The fraction of sp³-hybridized carbons (Fsp3) is 0.964. The van der Waals surface area contributed by atoms with Crippen molar-refractivity contribution < 1.29 is 18.0 Å². The van der Waals surface area contributed by atoms with Gasteiger partial charge in [0.15, 0.2) is 5.05 Å². The fourth-order valence-corrected chi connectivity index (χ4v) is 7.41. The van der Waals surface area contributed by atoms with Crippen LogP contribution in [0.5, 0.6) is 0 Å². The summed E-state index contributed by atoms with van der Waals surface area (Å²) in [5, 5.41) is 0.776. The largest absolute Gasteiger partial charge is 0.501 e. The normalized spacial score (nSPS) is 12.7. The van der Waals surface area contributed by atoms with E-state index in [-0.39, 0.29) is 6.10 Å². The van der Waals surface area contributed by atoms with E-state index in [9.17, 15) is 0 Å². The number of hydrogen-bond acceptors (Lipinski definition) is 5. The molecule has 0 bridgehead atoms. The van der Waals surface area contributed by atoms with Gasteiger partial charge in [-0.25, -0.2) is 0 Å². The first-order valence-corrected chi connectivity index (χ1v) is 17.0. The molecule has 0 aromatic rings. The minimum absolute atomic E-state index is 0.132. The smallest absolute Gasteiger partial charge is 0.484 e. The molecular weight excluding hydrogens is 460 g/mol. The zero-order valence-electron chi connectivity index (χ0n) is 23.5. The summed E-state index contributed by atoms with van der Waals surface area (Å²) < 4.78 is 24.2. The first-order valence-electron chi connectivity index (χ1n) is 14.7. The molecule has 204 valence electrons. The molecule has 0 rings (SSSR count). The van der Waals surface area contributed by atoms with E-state index in [2.05, 4.69) is 13.8 Å². The van der Waals surface area contributed by atoms with Gasteiger partial charge >= 0.3 is 8.80 Å². The summed E-state index contributed by atoms with van der Waals surface area (Å²) in [5.74, 6) is 0. The monoisotopic (exact) mass is 518 g/mol. The van der Waals surface area contributed by atoms with Crippen molar-refractivity contribution in [1.82, 2.24) is 0 Å². The summed E-state index contributed by atoms with van der Waals surface area (Å²) >= 11 is 5.59. The summed E-state index contributed by atoms with van der Waals surface area (Å²) in [6.45, 7) is 12.3. The molecule has 34 heavy (non-hydrogen) atoms. The summed E-state index contributed by atoms with van der Waals surface area (Å²) in [4.78, 5) is 0. The average Bonchev–Trinajstić information content (AvgIpc) is 2.81. The molecule has 0 radical (unpaired) electrons. The number of ether oxygens (including phenoxy) is 1. The molecule has 0 aliphatic heterocycles. The van der Waals surface area contributed by atoms with Gasteiger partial charge in [-0.1, -0.05) is 97.3 Å². The van der Waals surface area contributed by atoms with E-state index in [0.29, 0.717) is 19.8 Å². The predicted molar refractivity (Wildman–Crippen MR) is 153 cm³/mol. The Morgan fingerprint density at radius 1 is 0.588 bits per heavy atom. The number of thiocarbonyl (C=S) groups is 1. The highest BCUT2D eigenvalue weighted by Gasteiger charge is 2.40. The molecule has 0 amide bonds. The molecule has 0 fully saturated rings. The zero-order valence-corrected chi connectivity index (χ0v) is 25.3. The third kappa shape index (κ3) is 19.2. The second kappa shape index (κ2) is 24.7. The molecule has 0 heterocycles. The molecule has 6 heteroatoms. The van der Waals surface area contributed by atoms with Crippen molar-refractivity contribution in [3.63, 3.8) is 0 Å². The predicted octanol–water partition coefficient (Wildman–Crippen LogP) is 9.42. The molecule has 0 aromatic heterocycles. The Bertz CT molecular complexity index is 433. The average molecular weight is 519 g/mol. The van der Waals surface area contributed by atoms with Crippen molar-refractivity contribution in [2.45, 2.75) is 156 Å². The second-order valence-electron chi connectivity index (χ2n) is 9.41. The lowest BCUT2D eigenvalue weighted by Gasteiger charge is -2.30. The minimum atomic E-state index is -2.62. The van der Waals surface area contributed by atoms with Gasteiger partial charge < -0.3 is 18.0 Å². The fourth-order valence-electron chi connectivity index (χ4n) is 4.46. The van der Waals surface area contributed by atoms with Crippen LogP contribution in [-0.2, 0) is 18.0 Å². The van der Waals surface area contributed by atoms with Gasteiger partial charge in [0, 0.05) is 32.3 Å². The highest BCUT2D eigenvalue weighted by Crippen LogP contribution is 2.23. The van der Waals surface area contributed by atoms with E-state index in [1.807, 2.05) is 20.8 Å². The SMILES string of the molecule is CCCCCCCCCCCCCCCC(=S)OC(CCC)CC[Si](OCC)(OCC)OCC. The summed E-state index contributed by atoms with van der Waals surface area (Å²) in [7, 11) is -2.62. The zero-order chi connectivity index (χ0) is 25.3. The highest BCUT2D eigenvalue weighted by atomic mass is 32.1. The molecule has 0 saturated carbocycles. The maximum absolute atomic E-state index is 6.21. The molecule has 0 aliphatic rings. The van der Waals surface area contributed by atoms with E-state index in [4.69, 9.17) is 30.2 Å². The van der Waals surface area contributed by atoms with Crippen LogP contribution in [0.2, 0.25) is 6.04 Å². The van der Waals surface area contributed by atoms with E-state index in [0.717, 1.165) is 43.2 Å². The van der Waals surface area contributed by atoms with Crippen LogP contribution in [0.1, 0.15) is 144 Å². The molecule has 0 aromatic carbocycles. The third-order valence-electron chi connectivity index (χ3n) is 6.26. The van der Waals surface area contributed by atoms with Crippen LogP contribution in [0.3, 0.4) is 0 Å². The van der Waals surface area contributed by atoms with Crippen LogP contribution >= 0.6 is 12.2 Å². The topological polar surface area (TPSA) is 36.9 Å². The minimum Gasteiger partial charge on any atom is -0.484 e. The van der Waals surface area contributed by atoms with Gasteiger partial charge in [-0.05, 0) is 52.3 Å². The Morgan fingerprint density at radius 2 is 1.03 bits per heavy atom. The lowest BCUT2D eigenvalue weighted by Crippen LogP contribution is -2.46. The molecule has 4 nitrogen and oxygen atoms in total. The van der Waals surface area contributed by atoms with Gasteiger partial charge in [0.1, 0.15) is 0 Å². The Morgan fingerprint density at radius 3 is 1.44 bits per heavy atom. The standard InChI is InChI=1S/C28H58O4SSi/c1-6-11-12-13-14-15-16-17-18-19-20-21-22-24-28(33)32-27(23-7-2)25-26-34(29-8-3,30-9-4)31-10-5/h27H,6-26H2,1-5H3. The summed E-state index contributed by atoms with van der Waals surface area (Å²) in [6.07, 6.45) is 21.8. The molecule has 0 spiro atoms. The van der Waals surface area contributed by atoms with Crippen LogP contribution in [0, 0.1) is 0 Å². The first-order chi connectivity index (χ1) is 16.6. The highest BCUT2D eigenvalue weighted by molar-refractivity contribution is 7.80. The Labute approximate surface area is 219 Å². The summed E-state index contributed by atoms with van der Waals surface area (Å²) in [6, 6.07) is 0.786. The van der Waals surface area contributed by atoms with Crippen molar-refractivity contribution in [3.8, 4) is 0 Å². The Balaban J connectivity index is 4.02.